The van der Waals surface area contributed by atoms with Crippen LogP contribution in [0.5, 0.6) is 0 Å². The van der Waals surface area contributed by atoms with Gasteiger partial charge in [-0.15, -0.1) is 0 Å². The SMILES string of the molecule is O=C(Nc1ccc(NC2CCNC3NC(=O)C4CCCCC4C23)c(F)c1)c1ccc(F)cc1C(F)(F)F. The number of alkyl halides is 3. The minimum Gasteiger partial charge on any atom is -0.379 e. The highest BCUT2D eigenvalue weighted by Crippen LogP contribution is 2.43. The summed E-state index contributed by atoms with van der Waals surface area (Å²) >= 11 is 0. The first kappa shape index (κ1) is 25.4. The van der Waals surface area contributed by atoms with Crippen LogP contribution in [0.3, 0.4) is 0 Å². The number of anilines is 2. The maximum atomic E-state index is 15.1. The first-order valence-electron chi connectivity index (χ1n) is 12.4. The zero-order chi connectivity index (χ0) is 26.3. The predicted octanol–water partition coefficient (Wildman–Crippen LogP) is 4.89. The highest BCUT2D eigenvalue weighted by atomic mass is 19.4. The van der Waals surface area contributed by atoms with Crippen molar-refractivity contribution in [2.75, 3.05) is 17.2 Å². The first-order valence-corrected chi connectivity index (χ1v) is 12.4. The van der Waals surface area contributed by atoms with Gasteiger partial charge in [0.1, 0.15) is 11.6 Å². The van der Waals surface area contributed by atoms with Gasteiger partial charge in [-0.3, -0.25) is 14.9 Å². The van der Waals surface area contributed by atoms with Crippen molar-refractivity contribution in [1.29, 1.82) is 0 Å². The van der Waals surface area contributed by atoms with Crippen molar-refractivity contribution in [3.8, 4) is 0 Å². The zero-order valence-corrected chi connectivity index (χ0v) is 19.8. The quantitative estimate of drug-likeness (QED) is 0.431. The fourth-order valence-corrected chi connectivity index (χ4v) is 6.08. The Morgan fingerprint density at radius 2 is 1.78 bits per heavy atom. The molecule has 37 heavy (non-hydrogen) atoms. The average molecular weight is 523 g/mol. The molecule has 5 atom stereocenters. The Morgan fingerprint density at radius 3 is 2.54 bits per heavy atom. The molecule has 5 unspecified atom stereocenters. The minimum absolute atomic E-state index is 0.0361. The van der Waals surface area contributed by atoms with Crippen molar-refractivity contribution in [3.63, 3.8) is 0 Å². The van der Waals surface area contributed by atoms with Crippen LogP contribution in [-0.4, -0.2) is 30.6 Å². The van der Waals surface area contributed by atoms with Gasteiger partial charge in [0.2, 0.25) is 5.91 Å². The summed E-state index contributed by atoms with van der Waals surface area (Å²) in [4.78, 5) is 25.1. The lowest BCUT2D eigenvalue weighted by molar-refractivity contribution is -0.138. The lowest BCUT2D eigenvalue weighted by atomic mass is 9.65. The lowest BCUT2D eigenvalue weighted by Crippen LogP contribution is -2.67. The molecular weight excluding hydrogens is 495 g/mol. The molecule has 5 rings (SSSR count). The molecule has 6 nitrogen and oxygen atoms in total. The number of carbonyl (C=O) groups is 2. The topological polar surface area (TPSA) is 82.3 Å². The molecule has 3 aliphatic rings. The zero-order valence-electron chi connectivity index (χ0n) is 19.8. The standard InChI is InChI=1S/C26H27F5N4O2/c27-13-5-7-17(18(11-13)26(29,30)31)25(37)33-14-6-8-20(19(28)12-14)34-21-9-10-32-23-22(21)15-3-1-2-4-16(15)24(36)35-23/h5-8,11-12,15-16,21-23,32,34H,1-4,9-10H2,(H,33,37)(H,35,36). The number of nitrogens with one attached hydrogen (secondary N) is 4. The molecule has 2 aromatic carbocycles. The van der Waals surface area contributed by atoms with E-state index in [1.54, 1.807) is 0 Å². The van der Waals surface area contributed by atoms with Crippen LogP contribution in [0.2, 0.25) is 0 Å². The fourth-order valence-electron chi connectivity index (χ4n) is 6.08. The Bertz CT molecular complexity index is 1200. The second kappa shape index (κ2) is 9.92. The van der Waals surface area contributed by atoms with Crippen molar-refractivity contribution in [2.45, 2.75) is 50.5 Å². The Morgan fingerprint density at radius 1 is 1.00 bits per heavy atom. The number of amides is 2. The molecule has 0 aromatic heterocycles. The second-order valence-electron chi connectivity index (χ2n) is 9.95. The van der Waals surface area contributed by atoms with E-state index in [4.69, 9.17) is 0 Å². The number of rotatable bonds is 4. The molecule has 0 bridgehead atoms. The maximum absolute atomic E-state index is 15.1. The van der Waals surface area contributed by atoms with Gasteiger partial charge in [-0.25, -0.2) is 8.78 Å². The first-order chi connectivity index (χ1) is 17.6. The van der Waals surface area contributed by atoms with E-state index < -0.39 is 34.8 Å². The number of piperidine rings is 2. The number of carbonyl (C=O) groups excluding carboxylic acids is 2. The van der Waals surface area contributed by atoms with Crippen molar-refractivity contribution < 1.29 is 31.5 Å². The van der Waals surface area contributed by atoms with Gasteiger partial charge in [-0.1, -0.05) is 12.8 Å². The largest absolute Gasteiger partial charge is 0.417 e. The van der Waals surface area contributed by atoms with E-state index in [1.807, 2.05) is 0 Å². The number of fused-ring (bicyclic) bond motifs is 3. The molecule has 4 N–H and O–H groups in total. The molecular formula is C26H27F5N4O2. The van der Waals surface area contributed by atoms with Crippen LogP contribution in [0.15, 0.2) is 36.4 Å². The molecule has 1 saturated carbocycles. The van der Waals surface area contributed by atoms with E-state index in [2.05, 4.69) is 21.3 Å². The Kier molecular flexibility index (Phi) is 6.82. The molecule has 2 aliphatic heterocycles. The summed E-state index contributed by atoms with van der Waals surface area (Å²) in [7, 11) is 0. The van der Waals surface area contributed by atoms with E-state index >= 15 is 4.39 Å². The molecule has 11 heteroatoms. The van der Waals surface area contributed by atoms with Crippen LogP contribution in [-0.2, 0) is 11.0 Å². The fraction of sp³-hybridized carbons (Fsp3) is 0.462. The summed E-state index contributed by atoms with van der Waals surface area (Å²) < 4.78 is 68.2. The van der Waals surface area contributed by atoms with Crippen molar-refractivity contribution >= 4 is 23.2 Å². The summed E-state index contributed by atoms with van der Waals surface area (Å²) in [5, 5.41) is 12.0. The smallest absolute Gasteiger partial charge is 0.379 e. The van der Waals surface area contributed by atoms with Gasteiger partial charge in [-0.2, -0.15) is 13.2 Å². The number of hydrogen-bond donors (Lipinski definition) is 4. The van der Waals surface area contributed by atoms with Gasteiger partial charge in [0.15, 0.2) is 0 Å². The molecule has 3 fully saturated rings. The van der Waals surface area contributed by atoms with Crippen molar-refractivity contribution in [2.24, 2.45) is 17.8 Å². The van der Waals surface area contributed by atoms with Crippen LogP contribution in [0.25, 0.3) is 0 Å². The summed E-state index contributed by atoms with van der Waals surface area (Å²) in [6, 6.07) is 5.51. The highest BCUT2D eigenvalue weighted by molar-refractivity contribution is 6.05. The van der Waals surface area contributed by atoms with Gasteiger partial charge >= 0.3 is 6.18 Å². The van der Waals surface area contributed by atoms with Crippen molar-refractivity contribution in [3.05, 3.63) is 59.2 Å². The lowest BCUT2D eigenvalue weighted by Gasteiger charge is -2.51. The Hall–Kier alpha value is -3.21. The van der Waals surface area contributed by atoms with Crippen molar-refractivity contribution in [1.82, 2.24) is 10.6 Å². The molecule has 1 aliphatic carbocycles. The van der Waals surface area contributed by atoms with Crippen LogP contribution in [0.1, 0.15) is 48.0 Å². The molecule has 2 amide bonds. The highest BCUT2D eigenvalue weighted by Gasteiger charge is 2.49. The number of hydrogen-bond acceptors (Lipinski definition) is 4. The Labute approximate surface area is 210 Å². The van der Waals surface area contributed by atoms with Crippen LogP contribution in [0.4, 0.5) is 33.3 Å². The van der Waals surface area contributed by atoms with Crippen LogP contribution in [0, 0.1) is 29.4 Å². The van der Waals surface area contributed by atoms with Crippen LogP contribution < -0.4 is 21.3 Å². The third kappa shape index (κ3) is 5.14. The number of benzene rings is 2. The molecule has 2 heterocycles. The third-order valence-electron chi connectivity index (χ3n) is 7.72. The number of halogens is 5. The van der Waals surface area contributed by atoms with E-state index in [9.17, 15) is 27.2 Å². The monoisotopic (exact) mass is 522 g/mol. The normalized spacial score (nSPS) is 27.5. The maximum Gasteiger partial charge on any atom is 0.417 e. The van der Waals surface area contributed by atoms with Gasteiger partial charge in [0, 0.05) is 23.6 Å². The molecule has 198 valence electrons. The van der Waals surface area contributed by atoms with E-state index in [0.717, 1.165) is 50.3 Å². The Balaban J connectivity index is 1.32. The van der Waals surface area contributed by atoms with Crippen LogP contribution >= 0.6 is 0 Å². The third-order valence-corrected chi connectivity index (χ3v) is 7.72. The molecule has 0 radical (unpaired) electrons. The van der Waals surface area contributed by atoms with Gasteiger partial charge in [-0.05, 0) is 68.1 Å². The second-order valence-corrected chi connectivity index (χ2v) is 9.95. The molecule has 2 saturated heterocycles. The van der Waals surface area contributed by atoms with E-state index in [0.29, 0.717) is 6.54 Å². The van der Waals surface area contributed by atoms with E-state index in [-0.39, 0.29) is 53.3 Å². The van der Waals surface area contributed by atoms with E-state index in [1.165, 1.54) is 12.1 Å². The average Bonchev–Trinajstić information content (AvgIpc) is 2.85. The summed E-state index contributed by atoms with van der Waals surface area (Å²) in [6.45, 7) is 0.644. The summed E-state index contributed by atoms with van der Waals surface area (Å²) in [5.41, 5.74) is -2.01. The summed E-state index contributed by atoms with van der Waals surface area (Å²) in [5.74, 6) is -2.64. The van der Waals surface area contributed by atoms with Gasteiger partial charge in [0.25, 0.3) is 5.91 Å². The predicted molar refractivity (Wildman–Crippen MR) is 127 cm³/mol. The van der Waals surface area contributed by atoms with Gasteiger partial charge < -0.3 is 16.0 Å². The summed E-state index contributed by atoms with van der Waals surface area (Å²) in [6.07, 6.45) is -0.550. The molecule has 0 spiro atoms. The van der Waals surface area contributed by atoms with Gasteiger partial charge in [0.05, 0.1) is 23.0 Å². The minimum atomic E-state index is -4.93. The molecule has 2 aromatic rings.